The van der Waals surface area contributed by atoms with Crippen molar-refractivity contribution >= 4 is 5.69 Å². The van der Waals surface area contributed by atoms with Crippen LogP contribution in [0.15, 0.2) is 18.2 Å². The van der Waals surface area contributed by atoms with Crippen LogP contribution in [0.4, 0.5) is 18.9 Å². The van der Waals surface area contributed by atoms with Crippen molar-refractivity contribution < 1.29 is 23.2 Å². The second-order valence-electron chi connectivity index (χ2n) is 4.82. The van der Waals surface area contributed by atoms with E-state index in [1.807, 2.05) is 0 Å². The lowest BCUT2D eigenvalue weighted by molar-refractivity contribution is -0.385. The van der Waals surface area contributed by atoms with Crippen LogP contribution in [0.2, 0.25) is 0 Å². The third kappa shape index (κ3) is 2.42. The monoisotopic (exact) mass is 275 g/mol. The van der Waals surface area contributed by atoms with Crippen molar-refractivity contribution in [3.8, 4) is 0 Å². The first-order valence-corrected chi connectivity index (χ1v) is 5.76. The Morgan fingerprint density at radius 1 is 1.32 bits per heavy atom. The SMILES string of the molecule is O=[N+]([O-])c1cc(C(F)(F)F)cc(C2(CO)CCC2)c1. The molecule has 2 rings (SSSR count). The molecule has 1 aliphatic carbocycles. The van der Waals surface area contributed by atoms with Crippen LogP contribution in [0.5, 0.6) is 0 Å². The molecule has 0 aliphatic heterocycles. The van der Waals surface area contributed by atoms with Crippen LogP contribution in [0, 0.1) is 10.1 Å². The summed E-state index contributed by atoms with van der Waals surface area (Å²) in [5.41, 5.74) is -2.20. The molecule has 0 radical (unpaired) electrons. The van der Waals surface area contributed by atoms with Gasteiger partial charge in [-0.1, -0.05) is 6.42 Å². The van der Waals surface area contributed by atoms with E-state index in [0.717, 1.165) is 18.6 Å². The van der Waals surface area contributed by atoms with Gasteiger partial charge in [-0.05, 0) is 24.5 Å². The number of nitro benzene ring substituents is 1. The fourth-order valence-corrected chi connectivity index (χ4v) is 2.33. The number of hydrogen-bond donors (Lipinski definition) is 1. The molecule has 7 heteroatoms. The molecule has 0 saturated heterocycles. The normalized spacial score (nSPS) is 17.9. The Kier molecular flexibility index (Phi) is 3.25. The Balaban J connectivity index is 2.55. The van der Waals surface area contributed by atoms with Gasteiger partial charge >= 0.3 is 6.18 Å². The van der Waals surface area contributed by atoms with Crippen molar-refractivity contribution in [3.63, 3.8) is 0 Å². The lowest BCUT2D eigenvalue weighted by Gasteiger charge is -2.41. The maximum absolute atomic E-state index is 12.7. The number of non-ortho nitro benzene ring substituents is 1. The minimum Gasteiger partial charge on any atom is -0.395 e. The van der Waals surface area contributed by atoms with Crippen molar-refractivity contribution in [1.29, 1.82) is 0 Å². The molecule has 0 amide bonds. The molecule has 0 unspecified atom stereocenters. The molecule has 104 valence electrons. The molecule has 1 fully saturated rings. The number of alkyl halides is 3. The summed E-state index contributed by atoms with van der Waals surface area (Å²) in [6.45, 7) is -0.300. The summed E-state index contributed by atoms with van der Waals surface area (Å²) in [5, 5.41) is 20.1. The molecular weight excluding hydrogens is 263 g/mol. The fraction of sp³-hybridized carbons (Fsp3) is 0.500. The summed E-state index contributed by atoms with van der Waals surface area (Å²) >= 11 is 0. The number of aliphatic hydroxyl groups excluding tert-OH is 1. The first-order chi connectivity index (χ1) is 8.78. The highest BCUT2D eigenvalue weighted by molar-refractivity contribution is 5.44. The van der Waals surface area contributed by atoms with Gasteiger partial charge in [0.2, 0.25) is 0 Å². The molecule has 1 aromatic carbocycles. The van der Waals surface area contributed by atoms with Crippen LogP contribution < -0.4 is 0 Å². The third-order valence-corrected chi connectivity index (χ3v) is 3.68. The Hall–Kier alpha value is -1.63. The quantitative estimate of drug-likeness (QED) is 0.681. The number of nitrogens with zero attached hydrogens (tertiary/aromatic N) is 1. The number of benzene rings is 1. The van der Waals surface area contributed by atoms with E-state index in [4.69, 9.17) is 0 Å². The van der Waals surface area contributed by atoms with Crippen molar-refractivity contribution in [2.45, 2.75) is 30.9 Å². The van der Waals surface area contributed by atoms with Crippen molar-refractivity contribution in [2.75, 3.05) is 6.61 Å². The second kappa shape index (κ2) is 4.48. The van der Waals surface area contributed by atoms with Crippen LogP contribution in [0.3, 0.4) is 0 Å². The Labute approximate surface area is 107 Å². The van der Waals surface area contributed by atoms with Crippen molar-refractivity contribution in [1.82, 2.24) is 0 Å². The largest absolute Gasteiger partial charge is 0.416 e. The predicted molar refractivity (Wildman–Crippen MR) is 60.7 cm³/mol. The lowest BCUT2D eigenvalue weighted by atomic mass is 9.65. The number of halogens is 3. The summed E-state index contributed by atoms with van der Waals surface area (Å²) in [4.78, 5) is 9.88. The van der Waals surface area contributed by atoms with Crippen LogP contribution in [-0.4, -0.2) is 16.6 Å². The molecule has 0 bridgehead atoms. The molecule has 1 N–H and O–H groups in total. The zero-order valence-electron chi connectivity index (χ0n) is 9.91. The van der Waals surface area contributed by atoms with Gasteiger partial charge in [0.15, 0.2) is 0 Å². The van der Waals surface area contributed by atoms with Gasteiger partial charge in [0.25, 0.3) is 5.69 Å². The van der Waals surface area contributed by atoms with Gasteiger partial charge in [0.1, 0.15) is 0 Å². The topological polar surface area (TPSA) is 63.4 Å². The smallest absolute Gasteiger partial charge is 0.395 e. The Morgan fingerprint density at radius 2 is 1.95 bits per heavy atom. The van der Waals surface area contributed by atoms with Gasteiger partial charge in [-0.2, -0.15) is 13.2 Å². The second-order valence-corrected chi connectivity index (χ2v) is 4.82. The zero-order valence-corrected chi connectivity index (χ0v) is 9.91. The minimum absolute atomic E-state index is 0.197. The molecule has 1 saturated carbocycles. The number of aliphatic hydroxyl groups is 1. The first kappa shape index (κ1) is 13.8. The van der Waals surface area contributed by atoms with Crippen LogP contribution >= 0.6 is 0 Å². The van der Waals surface area contributed by atoms with Gasteiger partial charge in [-0.15, -0.1) is 0 Å². The maximum Gasteiger partial charge on any atom is 0.416 e. The Morgan fingerprint density at radius 3 is 2.32 bits per heavy atom. The highest BCUT2D eigenvalue weighted by atomic mass is 19.4. The molecule has 0 spiro atoms. The molecule has 4 nitrogen and oxygen atoms in total. The van der Waals surface area contributed by atoms with E-state index in [0.29, 0.717) is 18.9 Å². The lowest BCUT2D eigenvalue weighted by Crippen LogP contribution is -2.38. The van der Waals surface area contributed by atoms with Crippen LogP contribution in [-0.2, 0) is 11.6 Å². The first-order valence-electron chi connectivity index (χ1n) is 5.76. The van der Waals surface area contributed by atoms with Gasteiger partial charge in [-0.3, -0.25) is 10.1 Å². The molecule has 0 heterocycles. The molecule has 0 atom stereocenters. The summed E-state index contributed by atoms with van der Waals surface area (Å²) < 4.78 is 38.2. The highest BCUT2D eigenvalue weighted by Crippen LogP contribution is 2.45. The molecule has 1 aromatic rings. The molecule has 1 aliphatic rings. The van der Waals surface area contributed by atoms with E-state index in [1.54, 1.807) is 0 Å². The average molecular weight is 275 g/mol. The minimum atomic E-state index is -4.64. The number of hydrogen-bond acceptors (Lipinski definition) is 3. The van der Waals surface area contributed by atoms with Gasteiger partial charge in [0.05, 0.1) is 17.1 Å². The average Bonchev–Trinajstić information content (AvgIpc) is 2.26. The van der Waals surface area contributed by atoms with Crippen LogP contribution in [0.25, 0.3) is 0 Å². The van der Waals surface area contributed by atoms with Crippen molar-refractivity contribution in [2.24, 2.45) is 0 Å². The third-order valence-electron chi connectivity index (χ3n) is 3.68. The van der Waals surface area contributed by atoms with Gasteiger partial charge < -0.3 is 5.11 Å². The summed E-state index contributed by atoms with van der Waals surface area (Å²) in [7, 11) is 0. The molecular formula is C12H12F3NO3. The van der Waals surface area contributed by atoms with E-state index in [1.165, 1.54) is 0 Å². The fourth-order valence-electron chi connectivity index (χ4n) is 2.33. The van der Waals surface area contributed by atoms with E-state index < -0.39 is 27.8 Å². The van der Waals surface area contributed by atoms with Gasteiger partial charge in [0, 0.05) is 17.5 Å². The summed E-state index contributed by atoms with van der Waals surface area (Å²) in [6.07, 6.45) is -2.75. The standard InChI is InChI=1S/C12H12F3NO3/c13-12(14,15)9-4-8(5-10(6-9)16(18)19)11(7-17)2-1-3-11/h4-6,17H,1-3,7H2. The summed E-state index contributed by atoms with van der Waals surface area (Å²) in [5.74, 6) is 0. The zero-order chi connectivity index (χ0) is 14.3. The Bertz CT molecular complexity index is 504. The van der Waals surface area contributed by atoms with E-state index in [2.05, 4.69) is 0 Å². The van der Waals surface area contributed by atoms with E-state index in [-0.39, 0.29) is 12.2 Å². The van der Waals surface area contributed by atoms with E-state index >= 15 is 0 Å². The van der Waals surface area contributed by atoms with Crippen molar-refractivity contribution in [3.05, 3.63) is 39.4 Å². The summed E-state index contributed by atoms with van der Waals surface area (Å²) in [6, 6.07) is 2.56. The maximum atomic E-state index is 12.7. The van der Waals surface area contributed by atoms with E-state index in [9.17, 15) is 28.4 Å². The highest BCUT2D eigenvalue weighted by Gasteiger charge is 2.41. The number of nitro groups is 1. The van der Waals surface area contributed by atoms with Crippen LogP contribution in [0.1, 0.15) is 30.4 Å². The number of rotatable bonds is 3. The van der Waals surface area contributed by atoms with Gasteiger partial charge in [-0.25, -0.2) is 0 Å². The molecule has 0 aromatic heterocycles. The molecule has 19 heavy (non-hydrogen) atoms. The predicted octanol–water partition coefficient (Wildman–Crippen LogP) is 3.03.